The van der Waals surface area contributed by atoms with Gasteiger partial charge in [-0.15, -0.1) is 0 Å². The molecule has 0 saturated carbocycles. The Morgan fingerprint density at radius 3 is 2.33 bits per heavy atom. The molecule has 0 heterocycles. The Kier molecular flexibility index (Phi) is 5.02. The molecule has 1 nitrogen and oxygen atoms in total. The topological polar surface area (TPSA) is 17.1 Å². The van der Waals surface area contributed by atoms with Crippen LogP contribution in [-0.2, 0) is 0 Å². The first-order valence-electron chi connectivity index (χ1n) is 7.46. The molecule has 0 aliphatic heterocycles. The number of ketones is 1. The smallest absolute Gasteiger partial charge is 0.185 e. The van der Waals surface area contributed by atoms with Crippen LogP contribution >= 0.6 is 15.9 Å². The molecule has 0 radical (unpaired) electrons. The molecule has 3 heteroatoms. The van der Waals surface area contributed by atoms with Crippen LogP contribution in [0.3, 0.4) is 0 Å². The predicted octanol–water partition coefficient (Wildman–Crippen LogP) is 6.15. The molecule has 0 aliphatic carbocycles. The van der Waals surface area contributed by atoms with Gasteiger partial charge in [-0.05, 0) is 53.1 Å². The van der Waals surface area contributed by atoms with Crippen LogP contribution in [0.2, 0.25) is 0 Å². The first-order chi connectivity index (χ1) is 11.6. The Balaban J connectivity index is 1.84. The van der Waals surface area contributed by atoms with Gasteiger partial charge in [0.15, 0.2) is 5.78 Å². The zero-order valence-corrected chi connectivity index (χ0v) is 14.3. The van der Waals surface area contributed by atoms with E-state index < -0.39 is 0 Å². The molecule has 0 saturated heterocycles. The Hall–Kier alpha value is -2.52. The second-order valence-corrected chi connectivity index (χ2v) is 6.26. The van der Waals surface area contributed by atoms with E-state index >= 15 is 0 Å². The summed E-state index contributed by atoms with van der Waals surface area (Å²) in [5, 5.41) is 0. The number of carbonyl (C=O) groups excluding carboxylic acids is 1. The summed E-state index contributed by atoms with van der Waals surface area (Å²) in [6, 6.07) is 21.3. The summed E-state index contributed by atoms with van der Waals surface area (Å²) in [5.41, 5.74) is 3.08. The zero-order valence-electron chi connectivity index (χ0n) is 12.7. The largest absolute Gasteiger partial charge is 0.289 e. The summed E-state index contributed by atoms with van der Waals surface area (Å²) >= 11 is 3.41. The van der Waals surface area contributed by atoms with Crippen LogP contribution in [0, 0.1) is 5.82 Å². The molecule has 0 N–H and O–H groups in total. The summed E-state index contributed by atoms with van der Waals surface area (Å²) in [6.07, 6.45) is 3.33. The zero-order chi connectivity index (χ0) is 16.9. The molecule has 0 unspecified atom stereocenters. The normalized spacial score (nSPS) is 10.9. The highest BCUT2D eigenvalue weighted by atomic mass is 79.9. The van der Waals surface area contributed by atoms with Gasteiger partial charge in [-0.1, -0.05) is 64.5 Å². The standard InChI is InChI=1S/C21H14BrFO/c22-19-8-1-4-15(12-19)10-11-21(24)18-7-2-5-16(13-18)17-6-3-9-20(23)14-17/h1-14H/b11-10+. The first-order valence-corrected chi connectivity index (χ1v) is 8.25. The molecular weight excluding hydrogens is 367 g/mol. The van der Waals surface area contributed by atoms with Crippen LogP contribution in [0.1, 0.15) is 15.9 Å². The second-order valence-electron chi connectivity index (χ2n) is 5.34. The predicted molar refractivity (Wildman–Crippen MR) is 99.3 cm³/mol. The number of allylic oxidation sites excluding steroid dienone is 1. The van der Waals surface area contributed by atoms with Crippen molar-refractivity contribution in [3.63, 3.8) is 0 Å². The first kappa shape index (κ1) is 16.3. The van der Waals surface area contributed by atoms with E-state index in [1.165, 1.54) is 12.1 Å². The minimum absolute atomic E-state index is 0.0896. The van der Waals surface area contributed by atoms with Crippen molar-refractivity contribution < 1.29 is 9.18 Å². The van der Waals surface area contributed by atoms with E-state index in [4.69, 9.17) is 0 Å². The highest BCUT2D eigenvalue weighted by Crippen LogP contribution is 2.22. The molecule has 0 fully saturated rings. The molecule has 0 amide bonds. The van der Waals surface area contributed by atoms with Gasteiger partial charge in [0.25, 0.3) is 0 Å². The van der Waals surface area contributed by atoms with Crippen molar-refractivity contribution in [3.8, 4) is 11.1 Å². The summed E-state index contributed by atoms with van der Waals surface area (Å²) in [6.45, 7) is 0. The third-order valence-electron chi connectivity index (χ3n) is 3.58. The van der Waals surface area contributed by atoms with E-state index in [-0.39, 0.29) is 11.6 Å². The summed E-state index contributed by atoms with van der Waals surface area (Å²) in [4.78, 5) is 12.4. The lowest BCUT2D eigenvalue weighted by atomic mass is 10.0. The molecule has 24 heavy (non-hydrogen) atoms. The number of benzene rings is 3. The fraction of sp³-hybridized carbons (Fsp3) is 0. The molecular formula is C21H14BrFO. The van der Waals surface area contributed by atoms with Crippen LogP contribution in [0.15, 0.2) is 83.3 Å². The second kappa shape index (κ2) is 7.37. The van der Waals surface area contributed by atoms with Crippen molar-refractivity contribution in [2.45, 2.75) is 0 Å². The summed E-state index contributed by atoms with van der Waals surface area (Å²) < 4.78 is 14.3. The van der Waals surface area contributed by atoms with E-state index in [0.29, 0.717) is 5.56 Å². The quantitative estimate of drug-likeness (QED) is 0.391. The van der Waals surface area contributed by atoms with Crippen LogP contribution in [-0.4, -0.2) is 5.78 Å². The van der Waals surface area contributed by atoms with Crippen molar-refractivity contribution in [2.75, 3.05) is 0 Å². The summed E-state index contributed by atoms with van der Waals surface area (Å²) in [7, 11) is 0. The van der Waals surface area contributed by atoms with Crippen LogP contribution in [0.25, 0.3) is 17.2 Å². The Morgan fingerprint density at radius 2 is 1.58 bits per heavy atom. The van der Waals surface area contributed by atoms with Crippen molar-refractivity contribution in [2.24, 2.45) is 0 Å². The van der Waals surface area contributed by atoms with Crippen LogP contribution in [0.5, 0.6) is 0 Å². The minimum Gasteiger partial charge on any atom is -0.289 e. The molecule has 0 atom stereocenters. The summed E-state index contributed by atoms with van der Waals surface area (Å²) in [5.74, 6) is -0.382. The minimum atomic E-state index is -0.293. The van der Waals surface area contributed by atoms with Crippen molar-refractivity contribution in [3.05, 3.63) is 100 Å². The monoisotopic (exact) mass is 380 g/mol. The Labute approximate surface area is 148 Å². The van der Waals surface area contributed by atoms with Crippen LogP contribution < -0.4 is 0 Å². The van der Waals surface area contributed by atoms with Gasteiger partial charge in [-0.3, -0.25) is 4.79 Å². The molecule has 0 spiro atoms. The lowest BCUT2D eigenvalue weighted by molar-refractivity contribution is 0.104. The van der Waals surface area contributed by atoms with Gasteiger partial charge < -0.3 is 0 Å². The van der Waals surface area contributed by atoms with Crippen molar-refractivity contribution in [1.82, 2.24) is 0 Å². The number of carbonyl (C=O) groups is 1. The molecule has 0 aromatic heterocycles. The third-order valence-corrected chi connectivity index (χ3v) is 4.07. The van der Waals surface area contributed by atoms with Gasteiger partial charge in [0, 0.05) is 10.0 Å². The molecule has 3 aromatic carbocycles. The maximum atomic E-state index is 13.4. The van der Waals surface area contributed by atoms with E-state index in [1.807, 2.05) is 36.4 Å². The highest BCUT2D eigenvalue weighted by Gasteiger charge is 2.05. The van der Waals surface area contributed by atoms with E-state index in [9.17, 15) is 9.18 Å². The van der Waals surface area contributed by atoms with E-state index in [1.54, 1.807) is 36.4 Å². The fourth-order valence-electron chi connectivity index (χ4n) is 2.40. The van der Waals surface area contributed by atoms with Gasteiger partial charge >= 0.3 is 0 Å². The maximum Gasteiger partial charge on any atom is 0.185 e. The average molecular weight is 381 g/mol. The van der Waals surface area contributed by atoms with Gasteiger partial charge in [0.1, 0.15) is 5.82 Å². The molecule has 0 bridgehead atoms. The maximum absolute atomic E-state index is 13.4. The number of hydrogen-bond acceptors (Lipinski definition) is 1. The van der Waals surface area contributed by atoms with E-state index in [0.717, 1.165) is 21.2 Å². The fourth-order valence-corrected chi connectivity index (χ4v) is 2.82. The van der Waals surface area contributed by atoms with Gasteiger partial charge in [0.05, 0.1) is 0 Å². The van der Waals surface area contributed by atoms with Gasteiger partial charge in [-0.2, -0.15) is 0 Å². The van der Waals surface area contributed by atoms with E-state index in [2.05, 4.69) is 15.9 Å². The number of hydrogen-bond donors (Lipinski definition) is 0. The molecule has 3 rings (SSSR count). The Morgan fingerprint density at radius 1 is 0.875 bits per heavy atom. The molecule has 3 aromatic rings. The van der Waals surface area contributed by atoms with Crippen molar-refractivity contribution >= 4 is 27.8 Å². The van der Waals surface area contributed by atoms with Crippen molar-refractivity contribution in [1.29, 1.82) is 0 Å². The highest BCUT2D eigenvalue weighted by molar-refractivity contribution is 9.10. The van der Waals surface area contributed by atoms with Crippen LogP contribution in [0.4, 0.5) is 4.39 Å². The lowest BCUT2D eigenvalue weighted by Crippen LogP contribution is -1.94. The van der Waals surface area contributed by atoms with Gasteiger partial charge in [0.2, 0.25) is 0 Å². The average Bonchev–Trinajstić information content (AvgIpc) is 2.60. The number of halogens is 2. The lowest BCUT2D eigenvalue weighted by Gasteiger charge is -2.04. The Bertz CT molecular complexity index is 915. The van der Waals surface area contributed by atoms with Gasteiger partial charge in [-0.25, -0.2) is 4.39 Å². The third kappa shape index (κ3) is 4.06. The molecule has 118 valence electrons. The number of rotatable bonds is 4. The molecule has 0 aliphatic rings. The SMILES string of the molecule is O=C(/C=C/c1cccc(Br)c1)c1cccc(-c2cccc(F)c2)c1.